The smallest absolute Gasteiger partial charge is 0.160 e. The van der Waals surface area contributed by atoms with Gasteiger partial charge in [0.15, 0.2) is 0 Å². The predicted molar refractivity (Wildman–Crippen MR) is 62.9 cm³/mol. The third-order valence-corrected chi connectivity index (χ3v) is 6.99. The Hall–Kier alpha value is -0.320. The fraction of sp³-hybridized carbons (Fsp3) is 0.200. The van der Waals surface area contributed by atoms with Crippen LogP contribution < -0.4 is 0 Å². The molecular formula is C10H7Cl2F3S. The van der Waals surface area contributed by atoms with Gasteiger partial charge in [0.2, 0.25) is 0 Å². The Morgan fingerprint density at radius 3 is 2.44 bits per heavy atom. The summed E-state index contributed by atoms with van der Waals surface area (Å²) < 4.78 is 39.1. The highest BCUT2D eigenvalue weighted by molar-refractivity contribution is 8.54. The van der Waals surface area contributed by atoms with Gasteiger partial charge in [-0.25, -0.2) is 0 Å². The Balaban J connectivity index is 2.69. The number of rotatable bonds is 0. The first kappa shape index (κ1) is 12.1. The summed E-state index contributed by atoms with van der Waals surface area (Å²) in [4.78, 5) is 0.241. The summed E-state index contributed by atoms with van der Waals surface area (Å²) in [5.41, 5.74) is -3.95. The fourth-order valence-corrected chi connectivity index (χ4v) is 4.42. The van der Waals surface area contributed by atoms with Gasteiger partial charge in [0.05, 0.1) is 0 Å². The zero-order chi connectivity index (χ0) is 12.1. The van der Waals surface area contributed by atoms with Crippen LogP contribution in [0.3, 0.4) is 0 Å². The summed E-state index contributed by atoms with van der Waals surface area (Å²) in [6, 6.07) is 4.42. The molecule has 1 aromatic rings. The molecule has 0 amide bonds. The number of hydrogen-bond donors (Lipinski definition) is 0. The van der Waals surface area contributed by atoms with Crippen LogP contribution in [0.15, 0.2) is 28.0 Å². The topological polar surface area (TPSA) is 0 Å². The molecule has 88 valence electrons. The van der Waals surface area contributed by atoms with Crippen molar-refractivity contribution in [3.8, 4) is 0 Å². The zero-order valence-corrected chi connectivity index (χ0v) is 10.4. The Morgan fingerprint density at radius 1 is 1.25 bits per heavy atom. The third kappa shape index (κ3) is 1.55. The van der Waals surface area contributed by atoms with Crippen molar-refractivity contribution in [2.24, 2.45) is 0 Å². The van der Waals surface area contributed by atoms with Crippen LogP contribution in [-0.4, -0.2) is 5.51 Å². The minimum Gasteiger partial charge on any atom is -0.160 e. The molecule has 0 nitrogen and oxygen atoms in total. The molecule has 1 aliphatic heterocycles. The molecular weight excluding hydrogens is 280 g/mol. The molecule has 1 aliphatic rings. The Kier molecular flexibility index (Phi) is 2.72. The average Bonchev–Trinajstić information content (AvgIpc) is 2.41. The Morgan fingerprint density at radius 2 is 1.88 bits per heavy atom. The van der Waals surface area contributed by atoms with E-state index in [1.54, 1.807) is 12.1 Å². The van der Waals surface area contributed by atoms with Crippen LogP contribution in [0, 0.1) is 0 Å². The number of hydrogen-bond acceptors (Lipinski definition) is 0. The summed E-state index contributed by atoms with van der Waals surface area (Å²) in [6.45, 7) is 1.41. The van der Waals surface area contributed by atoms with E-state index in [1.165, 1.54) is 19.1 Å². The van der Waals surface area contributed by atoms with Gasteiger partial charge in [-0.15, -0.1) is 0 Å². The van der Waals surface area contributed by atoms with Crippen LogP contribution in [0.5, 0.6) is 0 Å². The van der Waals surface area contributed by atoms with E-state index in [-0.39, 0.29) is 14.8 Å². The first-order chi connectivity index (χ1) is 7.26. The third-order valence-electron chi connectivity index (χ3n) is 2.40. The van der Waals surface area contributed by atoms with E-state index in [0.29, 0.717) is 5.56 Å². The first-order valence-corrected chi connectivity index (χ1v) is 7.18. The molecule has 1 unspecified atom stereocenters. The molecule has 6 heteroatoms. The highest BCUT2D eigenvalue weighted by Gasteiger charge is 2.54. The fourth-order valence-electron chi connectivity index (χ4n) is 1.65. The second kappa shape index (κ2) is 3.59. The molecule has 1 aromatic carbocycles. The number of alkyl halides is 3. The first-order valence-electron chi connectivity index (χ1n) is 4.34. The maximum Gasteiger partial charge on any atom is 0.445 e. The molecule has 1 heterocycles. The van der Waals surface area contributed by atoms with Crippen LogP contribution in [0.1, 0.15) is 12.5 Å². The van der Waals surface area contributed by atoms with Gasteiger partial charge in [0.1, 0.15) is 0 Å². The van der Waals surface area contributed by atoms with Crippen LogP contribution in [0.25, 0.3) is 6.08 Å². The van der Waals surface area contributed by atoms with E-state index < -0.39 is 14.7 Å². The summed E-state index contributed by atoms with van der Waals surface area (Å²) in [7, 11) is 2.40. The minimum absolute atomic E-state index is 0.0895. The van der Waals surface area contributed by atoms with Gasteiger partial charge in [-0.3, -0.25) is 0 Å². The highest BCUT2D eigenvalue weighted by Crippen LogP contribution is 2.79. The molecule has 0 saturated carbocycles. The van der Waals surface area contributed by atoms with Crippen molar-refractivity contribution in [2.45, 2.75) is 17.3 Å². The van der Waals surface area contributed by atoms with Crippen molar-refractivity contribution in [3.63, 3.8) is 0 Å². The lowest BCUT2D eigenvalue weighted by atomic mass is 10.2. The van der Waals surface area contributed by atoms with E-state index in [2.05, 4.69) is 0 Å². The van der Waals surface area contributed by atoms with Gasteiger partial charge in [0.25, 0.3) is 0 Å². The van der Waals surface area contributed by atoms with E-state index in [9.17, 15) is 13.2 Å². The highest BCUT2D eigenvalue weighted by atomic mass is 35.7. The van der Waals surface area contributed by atoms with Crippen LogP contribution in [0.2, 0.25) is 5.02 Å². The van der Waals surface area contributed by atoms with Crippen molar-refractivity contribution in [2.75, 3.05) is 0 Å². The van der Waals surface area contributed by atoms with Gasteiger partial charge < -0.3 is 0 Å². The molecule has 0 aromatic heterocycles. The number of allylic oxidation sites excluding steroid dienone is 1. The summed E-state index contributed by atoms with van der Waals surface area (Å²) in [5, 5.41) is 0.267. The number of halogens is 5. The maximum absolute atomic E-state index is 13.0. The van der Waals surface area contributed by atoms with Crippen molar-refractivity contribution in [1.29, 1.82) is 0 Å². The SMILES string of the molecule is CC1=Cc2ccc(Cl)cc2S1(Cl)C(F)(F)F. The maximum atomic E-state index is 13.0. The summed E-state index contributed by atoms with van der Waals surface area (Å²) in [5.74, 6) is 0. The second-order valence-corrected chi connectivity index (χ2v) is 7.87. The molecule has 0 bridgehead atoms. The lowest BCUT2D eigenvalue weighted by molar-refractivity contribution is -0.0359. The lowest BCUT2D eigenvalue weighted by Gasteiger charge is -2.33. The Labute approximate surface area is 102 Å². The van der Waals surface area contributed by atoms with Gasteiger partial charge in [-0.05, 0) is 55.5 Å². The van der Waals surface area contributed by atoms with Crippen molar-refractivity contribution < 1.29 is 13.2 Å². The predicted octanol–water partition coefficient (Wildman–Crippen LogP) is 5.55. The summed E-state index contributed by atoms with van der Waals surface area (Å²) in [6.07, 6.45) is 1.47. The molecule has 0 aliphatic carbocycles. The molecule has 0 spiro atoms. The van der Waals surface area contributed by atoms with Crippen molar-refractivity contribution >= 4 is 37.6 Å². The Bertz CT molecular complexity index is 481. The van der Waals surface area contributed by atoms with Crippen LogP contribution in [0.4, 0.5) is 13.2 Å². The van der Waals surface area contributed by atoms with E-state index in [0.717, 1.165) is 0 Å². The molecule has 2 rings (SSSR count). The minimum atomic E-state index is -4.45. The largest absolute Gasteiger partial charge is 0.445 e. The van der Waals surface area contributed by atoms with Gasteiger partial charge in [0, 0.05) is 9.92 Å². The monoisotopic (exact) mass is 286 g/mol. The van der Waals surface area contributed by atoms with E-state index in [4.69, 9.17) is 22.3 Å². The van der Waals surface area contributed by atoms with Gasteiger partial charge >= 0.3 is 5.51 Å². The quantitative estimate of drug-likeness (QED) is 0.586. The molecule has 0 saturated heterocycles. The number of fused-ring (bicyclic) bond motifs is 1. The molecule has 0 radical (unpaired) electrons. The number of benzene rings is 1. The normalized spacial score (nSPS) is 28.2. The van der Waals surface area contributed by atoms with Gasteiger partial charge in [-0.2, -0.15) is 13.2 Å². The summed E-state index contributed by atoms with van der Waals surface area (Å²) >= 11 is 5.71. The zero-order valence-electron chi connectivity index (χ0n) is 8.11. The molecule has 16 heavy (non-hydrogen) atoms. The van der Waals surface area contributed by atoms with Crippen molar-refractivity contribution in [1.82, 2.24) is 0 Å². The van der Waals surface area contributed by atoms with Crippen LogP contribution in [-0.2, 0) is 0 Å². The van der Waals surface area contributed by atoms with Crippen LogP contribution >= 0.6 is 31.5 Å². The standard InChI is InChI=1S/C10H7Cl2F3S/c1-6-4-7-2-3-8(11)5-9(7)16(6,12)10(13,14)15/h2-5H,1H3. The average molecular weight is 287 g/mol. The molecule has 1 atom stereocenters. The molecule has 0 N–H and O–H groups in total. The lowest BCUT2D eigenvalue weighted by Crippen LogP contribution is -2.15. The van der Waals surface area contributed by atoms with E-state index >= 15 is 0 Å². The van der Waals surface area contributed by atoms with Gasteiger partial charge in [-0.1, -0.05) is 17.7 Å². The van der Waals surface area contributed by atoms with Crippen molar-refractivity contribution in [3.05, 3.63) is 33.7 Å². The van der Waals surface area contributed by atoms with E-state index in [1.807, 2.05) is 0 Å². The molecule has 0 fully saturated rings. The second-order valence-electron chi connectivity index (χ2n) is 3.42.